The van der Waals surface area contributed by atoms with E-state index in [-0.39, 0.29) is 0 Å². The lowest BCUT2D eigenvalue weighted by Gasteiger charge is -2.28. The highest BCUT2D eigenvalue weighted by Crippen LogP contribution is 2.41. The molecule has 5 aromatic carbocycles. The molecule has 0 unspecified atom stereocenters. The molecule has 1 heteroatoms. The molecule has 1 nitrogen and oxygen atoms in total. The lowest BCUT2D eigenvalue weighted by atomic mass is 10.0. The van der Waals surface area contributed by atoms with Crippen molar-refractivity contribution in [1.29, 1.82) is 0 Å². The predicted molar refractivity (Wildman–Crippen MR) is 115 cm³/mol. The first kappa shape index (κ1) is 15.7. The lowest BCUT2D eigenvalue weighted by Crippen LogP contribution is -2.10. The highest BCUT2D eigenvalue weighted by molar-refractivity contribution is 6.04. The van der Waals surface area contributed by atoms with E-state index < -0.39 is 0 Å². The van der Waals surface area contributed by atoms with E-state index in [0.29, 0.717) is 0 Å². The predicted octanol–water partition coefficient (Wildman–Crippen LogP) is 7.26. The van der Waals surface area contributed by atoms with Crippen LogP contribution in [0.5, 0.6) is 0 Å². The van der Waals surface area contributed by atoms with Gasteiger partial charge >= 0.3 is 0 Å². The molecular weight excluding hydrogens is 326 g/mol. The van der Waals surface area contributed by atoms with Crippen LogP contribution in [0.25, 0.3) is 21.5 Å². The monoisotopic (exact) mass is 344 g/mol. The summed E-state index contributed by atoms with van der Waals surface area (Å²) in [6.07, 6.45) is 0. The minimum atomic E-state index is 1.13. The molecule has 0 aliphatic carbocycles. The molecule has 0 spiro atoms. The number of hydrogen-bond acceptors (Lipinski definition) is 1. The van der Waals surface area contributed by atoms with Gasteiger partial charge in [-0.15, -0.1) is 0 Å². The van der Waals surface area contributed by atoms with Crippen LogP contribution >= 0.6 is 0 Å². The van der Waals surface area contributed by atoms with Crippen molar-refractivity contribution in [2.24, 2.45) is 0 Å². The Kier molecular flexibility index (Phi) is 3.84. The third-order valence-corrected chi connectivity index (χ3v) is 4.97. The second kappa shape index (κ2) is 6.62. The maximum Gasteiger partial charge on any atom is 0.0540 e. The number of nitrogens with zero attached hydrogens (tertiary/aromatic N) is 1. The Hall–Kier alpha value is -3.58. The first-order chi connectivity index (χ1) is 13.4. The van der Waals surface area contributed by atoms with E-state index in [1.54, 1.807) is 0 Å². The van der Waals surface area contributed by atoms with Gasteiger partial charge in [-0.1, -0.05) is 84.9 Å². The van der Waals surface area contributed by atoms with E-state index in [2.05, 4.69) is 108 Å². The van der Waals surface area contributed by atoms with Crippen LogP contribution in [0.2, 0.25) is 0 Å². The lowest BCUT2D eigenvalue weighted by molar-refractivity contribution is 1.31. The summed E-state index contributed by atoms with van der Waals surface area (Å²) in [7, 11) is 0. The summed E-state index contributed by atoms with van der Waals surface area (Å²) in [6, 6.07) is 41.4. The van der Waals surface area contributed by atoms with Gasteiger partial charge in [0.1, 0.15) is 0 Å². The SMILES string of the molecule is [c]1ccc(N(c2cccc3ccccc23)c2cccc3ccccc23)cc1. The maximum absolute atomic E-state index is 3.14. The van der Waals surface area contributed by atoms with Crippen LogP contribution in [-0.4, -0.2) is 0 Å². The molecule has 5 aromatic rings. The molecule has 0 heterocycles. The largest absolute Gasteiger partial charge is 0.309 e. The van der Waals surface area contributed by atoms with E-state index in [9.17, 15) is 0 Å². The molecule has 0 amide bonds. The van der Waals surface area contributed by atoms with Crippen LogP contribution in [0, 0.1) is 6.07 Å². The van der Waals surface area contributed by atoms with Gasteiger partial charge in [0.15, 0.2) is 0 Å². The summed E-state index contributed by atoms with van der Waals surface area (Å²) in [5.74, 6) is 0. The van der Waals surface area contributed by atoms with E-state index in [4.69, 9.17) is 0 Å². The summed E-state index contributed by atoms with van der Waals surface area (Å²) >= 11 is 0. The number of benzene rings is 5. The molecule has 1 radical (unpaired) electrons. The maximum atomic E-state index is 3.14. The first-order valence-corrected chi connectivity index (χ1v) is 9.13. The number of anilines is 3. The smallest absolute Gasteiger partial charge is 0.0540 e. The average molecular weight is 344 g/mol. The highest BCUT2D eigenvalue weighted by atomic mass is 15.1. The van der Waals surface area contributed by atoms with Crippen molar-refractivity contribution in [3.05, 3.63) is 115 Å². The summed E-state index contributed by atoms with van der Waals surface area (Å²) in [5, 5.41) is 4.95. The molecule has 0 N–H and O–H groups in total. The van der Waals surface area contributed by atoms with Gasteiger partial charge in [-0.25, -0.2) is 0 Å². The fraction of sp³-hybridized carbons (Fsp3) is 0. The molecule has 5 rings (SSSR count). The third kappa shape index (κ3) is 2.74. The first-order valence-electron chi connectivity index (χ1n) is 9.13. The van der Waals surface area contributed by atoms with Crippen LogP contribution in [0.1, 0.15) is 0 Å². The Balaban J connectivity index is 1.85. The van der Waals surface area contributed by atoms with Crippen molar-refractivity contribution in [2.45, 2.75) is 0 Å². The standard InChI is InChI=1S/C26H18N/c1-2-14-22(15-3-1)27(25-18-8-12-20-10-4-6-16-23(20)25)26-19-9-13-21-11-5-7-17-24(21)26/h2-19H. The molecule has 0 fully saturated rings. The van der Waals surface area contributed by atoms with Crippen molar-refractivity contribution in [3.63, 3.8) is 0 Å². The zero-order valence-corrected chi connectivity index (χ0v) is 14.8. The molecule has 0 aromatic heterocycles. The fourth-order valence-corrected chi connectivity index (χ4v) is 3.74. The number of rotatable bonds is 3. The van der Waals surface area contributed by atoms with Crippen LogP contribution in [0.4, 0.5) is 17.1 Å². The molecule has 27 heavy (non-hydrogen) atoms. The Bertz CT molecular complexity index is 1130. The Labute approximate surface area is 159 Å². The van der Waals surface area contributed by atoms with Crippen molar-refractivity contribution >= 4 is 38.6 Å². The number of fused-ring (bicyclic) bond motifs is 2. The van der Waals surface area contributed by atoms with Crippen LogP contribution < -0.4 is 4.90 Å². The Morgan fingerprint density at radius 3 is 1.52 bits per heavy atom. The molecule has 0 bridgehead atoms. The minimum absolute atomic E-state index is 1.13. The molecule has 0 aliphatic heterocycles. The third-order valence-electron chi connectivity index (χ3n) is 4.97. The second-order valence-electron chi connectivity index (χ2n) is 6.59. The Morgan fingerprint density at radius 1 is 0.481 bits per heavy atom. The van der Waals surface area contributed by atoms with Crippen LogP contribution in [0.15, 0.2) is 109 Å². The highest BCUT2D eigenvalue weighted by Gasteiger charge is 2.16. The van der Waals surface area contributed by atoms with Crippen molar-refractivity contribution in [3.8, 4) is 0 Å². The molecule has 0 atom stereocenters. The molecule has 0 aliphatic rings. The zero-order valence-electron chi connectivity index (χ0n) is 14.8. The van der Waals surface area contributed by atoms with Gasteiger partial charge in [0.2, 0.25) is 0 Å². The average Bonchev–Trinajstić information content (AvgIpc) is 2.75. The minimum Gasteiger partial charge on any atom is -0.309 e. The van der Waals surface area contributed by atoms with E-state index in [1.807, 2.05) is 12.1 Å². The Morgan fingerprint density at radius 2 is 0.963 bits per heavy atom. The van der Waals surface area contributed by atoms with E-state index in [0.717, 1.165) is 5.69 Å². The number of hydrogen-bond donors (Lipinski definition) is 0. The van der Waals surface area contributed by atoms with Gasteiger partial charge in [0, 0.05) is 16.5 Å². The zero-order chi connectivity index (χ0) is 18.1. The quantitative estimate of drug-likeness (QED) is 0.333. The summed E-state index contributed by atoms with van der Waals surface area (Å²) in [4.78, 5) is 2.35. The molecule has 127 valence electrons. The van der Waals surface area contributed by atoms with Crippen molar-refractivity contribution in [2.75, 3.05) is 4.90 Å². The van der Waals surface area contributed by atoms with E-state index in [1.165, 1.54) is 32.9 Å². The molecule has 0 saturated carbocycles. The van der Waals surface area contributed by atoms with Gasteiger partial charge in [-0.05, 0) is 41.1 Å². The van der Waals surface area contributed by atoms with E-state index >= 15 is 0 Å². The topological polar surface area (TPSA) is 3.24 Å². The van der Waals surface area contributed by atoms with Gasteiger partial charge in [0.25, 0.3) is 0 Å². The van der Waals surface area contributed by atoms with Gasteiger partial charge in [0.05, 0.1) is 11.4 Å². The summed E-state index contributed by atoms with van der Waals surface area (Å²) in [5.41, 5.74) is 3.48. The summed E-state index contributed by atoms with van der Waals surface area (Å²) < 4.78 is 0. The van der Waals surface area contributed by atoms with Crippen molar-refractivity contribution < 1.29 is 0 Å². The van der Waals surface area contributed by atoms with Crippen LogP contribution in [0.3, 0.4) is 0 Å². The van der Waals surface area contributed by atoms with Gasteiger partial charge in [-0.3, -0.25) is 0 Å². The second-order valence-corrected chi connectivity index (χ2v) is 6.59. The molecule has 0 saturated heterocycles. The van der Waals surface area contributed by atoms with Crippen LogP contribution in [-0.2, 0) is 0 Å². The summed E-state index contributed by atoms with van der Waals surface area (Å²) in [6.45, 7) is 0. The van der Waals surface area contributed by atoms with Gasteiger partial charge in [-0.2, -0.15) is 0 Å². The van der Waals surface area contributed by atoms with Crippen molar-refractivity contribution in [1.82, 2.24) is 0 Å². The molecular formula is C26H18N. The normalized spacial score (nSPS) is 11.0. The fourth-order valence-electron chi connectivity index (χ4n) is 3.74. The van der Waals surface area contributed by atoms with Gasteiger partial charge < -0.3 is 4.90 Å².